The first kappa shape index (κ1) is 24.6. The van der Waals surface area contributed by atoms with Crippen LogP contribution in [0.1, 0.15) is 45.2 Å². The highest BCUT2D eigenvalue weighted by Gasteiger charge is 2.38. The van der Waals surface area contributed by atoms with Gasteiger partial charge in [-0.25, -0.2) is 19.2 Å². The number of rotatable bonds is 2. The number of aromatic amines is 8. The normalized spacial score (nSPS) is 13.7. The highest BCUT2D eigenvalue weighted by Crippen LogP contribution is 2.45. The van der Waals surface area contributed by atoms with Crippen LogP contribution in [0.15, 0.2) is 62.6 Å². The van der Waals surface area contributed by atoms with Crippen LogP contribution in [0.5, 0.6) is 23.5 Å². The van der Waals surface area contributed by atoms with E-state index in [-0.39, 0.29) is 56.9 Å². The highest BCUT2D eigenvalue weighted by molar-refractivity contribution is 5.56. The third-order valence-electron chi connectivity index (χ3n) is 6.91. The summed E-state index contributed by atoms with van der Waals surface area (Å²) in [6, 6.07) is 6.03. The fraction of sp³-hybridized carbons (Fsp3) is 0.0833. The summed E-state index contributed by atoms with van der Waals surface area (Å²) in [5, 5.41) is 0. The molecular weight excluding hydrogens is 560 g/mol. The van der Waals surface area contributed by atoms with Crippen LogP contribution in [0.2, 0.25) is 0 Å². The zero-order valence-electron chi connectivity index (χ0n) is 20.5. The molecule has 4 aromatic heterocycles. The number of benzene rings is 1. The van der Waals surface area contributed by atoms with E-state index < -0.39 is 56.8 Å². The van der Waals surface area contributed by atoms with E-state index in [1.165, 1.54) is 24.3 Å². The summed E-state index contributed by atoms with van der Waals surface area (Å²) in [6.07, 6.45) is 0. The minimum Gasteiger partial charge on any atom is -0.423 e. The van der Waals surface area contributed by atoms with E-state index in [1.807, 2.05) is 0 Å². The first-order chi connectivity index (χ1) is 20.1. The first-order valence-electron chi connectivity index (χ1n) is 12.0. The maximum atomic E-state index is 13.0. The largest absolute Gasteiger partial charge is 0.423 e. The van der Waals surface area contributed by atoms with E-state index in [1.54, 1.807) is 0 Å². The van der Waals surface area contributed by atoms with Gasteiger partial charge in [-0.3, -0.25) is 59.0 Å². The van der Waals surface area contributed by atoms with Gasteiger partial charge < -0.3 is 9.47 Å². The van der Waals surface area contributed by atoms with E-state index in [0.29, 0.717) is 0 Å². The summed E-state index contributed by atoms with van der Waals surface area (Å²) in [5.41, 5.74) is -7.36. The summed E-state index contributed by atoms with van der Waals surface area (Å²) in [7, 11) is 0. The molecule has 0 aliphatic carbocycles. The van der Waals surface area contributed by atoms with Gasteiger partial charge in [0.2, 0.25) is 23.5 Å². The topological polar surface area (TPSA) is 281 Å². The van der Waals surface area contributed by atoms with Gasteiger partial charge in [0.05, 0.1) is 34.1 Å². The molecule has 7 rings (SSSR count). The average Bonchev–Trinajstić information content (AvgIpc) is 2.90. The van der Waals surface area contributed by atoms with Gasteiger partial charge in [-0.2, -0.15) is 0 Å². The van der Waals surface area contributed by atoms with Crippen molar-refractivity contribution in [2.24, 2.45) is 0 Å². The lowest BCUT2D eigenvalue weighted by molar-refractivity contribution is 0.404. The van der Waals surface area contributed by atoms with Crippen LogP contribution in [-0.2, 0) is 0 Å². The van der Waals surface area contributed by atoms with Crippen LogP contribution in [-0.4, -0.2) is 39.9 Å². The van der Waals surface area contributed by atoms with Gasteiger partial charge >= 0.3 is 22.8 Å². The van der Waals surface area contributed by atoms with Gasteiger partial charge in [-0.15, -0.1) is 0 Å². The predicted octanol–water partition coefficient (Wildman–Crippen LogP) is -2.24. The molecule has 2 aliphatic heterocycles. The predicted molar refractivity (Wildman–Crippen MR) is 139 cm³/mol. The lowest BCUT2D eigenvalue weighted by atomic mass is 9.81. The van der Waals surface area contributed by atoms with Crippen molar-refractivity contribution in [1.82, 2.24) is 39.9 Å². The minimum atomic E-state index is -1.23. The smallest absolute Gasteiger partial charge is 0.328 e. The Balaban J connectivity index is 1.52. The van der Waals surface area contributed by atoms with Gasteiger partial charge in [0, 0.05) is 0 Å². The lowest BCUT2D eigenvalue weighted by Crippen LogP contribution is -2.36. The third kappa shape index (κ3) is 3.58. The summed E-state index contributed by atoms with van der Waals surface area (Å²) >= 11 is 0. The number of hydrogen-bond acceptors (Lipinski definition) is 10. The SMILES string of the molecule is O=c1[nH]c2c(c(=O)[nH]1)C(c1cccc(C3c4c([nH]c(=O)[nH]c4=O)Oc4[nH]c(=O)[nH]c(=O)c43)c1)c1c([nH]c(=O)[nH]c1=O)O2. The molecule has 0 saturated heterocycles. The van der Waals surface area contributed by atoms with Crippen molar-refractivity contribution < 1.29 is 9.47 Å². The molecule has 0 amide bonds. The summed E-state index contributed by atoms with van der Waals surface area (Å²) in [5.74, 6) is -3.75. The van der Waals surface area contributed by atoms with Gasteiger partial charge in [-0.05, 0) is 11.1 Å². The Morgan fingerprint density at radius 2 is 0.714 bits per heavy atom. The molecule has 5 aromatic rings. The Morgan fingerprint density at radius 1 is 0.429 bits per heavy atom. The molecule has 0 bridgehead atoms. The van der Waals surface area contributed by atoms with Gasteiger partial charge in [0.15, 0.2) is 0 Å². The van der Waals surface area contributed by atoms with Crippen LogP contribution in [0, 0.1) is 0 Å². The van der Waals surface area contributed by atoms with E-state index in [9.17, 15) is 38.4 Å². The lowest BCUT2D eigenvalue weighted by Gasteiger charge is -2.28. The van der Waals surface area contributed by atoms with Crippen molar-refractivity contribution in [3.8, 4) is 23.5 Å². The first-order valence-corrected chi connectivity index (χ1v) is 12.0. The van der Waals surface area contributed by atoms with Crippen molar-refractivity contribution in [2.75, 3.05) is 0 Å². The summed E-state index contributed by atoms with van der Waals surface area (Å²) in [4.78, 5) is 118. The van der Waals surface area contributed by atoms with Crippen molar-refractivity contribution in [2.45, 2.75) is 11.8 Å². The molecule has 1 aromatic carbocycles. The maximum absolute atomic E-state index is 13.0. The van der Waals surface area contributed by atoms with Crippen LogP contribution >= 0.6 is 0 Å². The fourth-order valence-electron chi connectivity index (χ4n) is 5.35. The van der Waals surface area contributed by atoms with E-state index in [0.717, 1.165) is 0 Å². The number of ether oxygens (including phenoxy) is 2. The molecule has 6 heterocycles. The second-order valence-corrected chi connectivity index (χ2v) is 9.34. The number of H-pyrrole nitrogens is 8. The van der Waals surface area contributed by atoms with E-state index in [2.05, 4.69) is 39.9 Å². The molecular formula is C24H14N8O10. The van der Waals surface area contributed by atoms with Crippen LogP contribution in [0.4, 0.5) is 0 Å². The third-order valence-corrected chi connectivity index (χ3v) is 6.91. The maximum Gasteiger partial charge on any atom is 0.328 e. The van der Waals surface area contributed by atoms with E-state index >= 15 is 0 Å². The zero-order valence-corrected chi connectivity index (χ0v) is 20.5. The van der Waals surface area contributed by atoms with Crippen molar-refractivity contribution in [3.05, 3.63) is 141 Å². The monoisotopic (exact) mass is 574 g/mol. The molecule has 8 N–H and O–H groups in total. The van der Waals surface area contributed by atoms with Crippen molar-refractivity contribution >= 4 is 0 Å². The summed E-state index contributed by atoms with van der Waals surface area (Å²) < 4.78 is 11.0. The molecule has 0 spiro atoms. The van der Waals surface area contributed by atoms with Gasteiger partial charge in [-0.1, -0.05) is 24.3 Å². The summed E-state index contributed by atoms with van der Waals surface area (Å²) in [6.45, 7) is 0. The van der Waals surface area contributed by atoms with Crippen molar-refractivity contribution in [3.63, 3.8) is 0 Å². The van der Waals surface area contributed by atoms with Crippen LogP contribution in [0.25, 0.3) is 0 Å². The van der Waals surface area contributed by atoms with Crippen molar-refractivity contribution in [1.29, 1.82) is 0 Å². The number of aromatic nitrogens is 8. The van der Waals surface area contributed by atoms with Crippen LogP contribution in [0.3, 0.4) is 0 Å². The number of hydrogen-bond donors (Lipinski definition) is 8. The number of fused-ring (bicyclic) bond motifs is 4. The number of nitrogens with one attached hydrogen (secondary N) is 8. The zero-order chi connectivity index (χ0) is 29.4. The quantitative estimate of drug-likeness (QED) is 0.110. The van der Waals surface area contributed by atoms with Gasteiger partial charge in [0.25, 0.3) is 22.2 Å². The molecule has 2 aliphatic rings. The molecule has 0 atom stereocenters. The molecule has 18 nitrogen and oxygen atoms in total. The molecule has 210 valence electrons. The van der Waals surface area contributed by atoms with E-state index in [4.69, 9.17) is 9.47 Å². The second-order valence-electron chi connectivity index (χ2n) is 9.34. The second kappa shape index (κ2) is 8.52. The Morgan fingerprint density at radius 3 is 1.00 bits per heavy atom. The Bertz CT molecular complexity index is 2160. The molecule has 0 unspecified atom stereocenters. The van der Waals surface area contributed by atoms with Crippen LogP contribution < -0.4 is 54.5 Å². The molecule has 0 saturated carbocycles. The molecule has 42 heavy (non-hydrogen) atoms. The molecule has 0 radical (unpaired) electrons. The standard InChI is InChI=1S/C24H14N8O10/c33-13-9-7(10-14(34)26-22(38)30-18(10)41-17(9)29-21(37)25-13)5-2-1-3-6(4-5)8-11-15(35)27-23(39)31-19(11)42-20-12(8)16(36)28-24(40)32-20/h1-4,7-8H,(H2,25,29,33,37)(H2,26,30,34,38)(H2,27,31,35,39)(H2,28,32,36,40). The Hall–Kier alpha value is -6.46. The Kier molecular flexibility index (Phi) is 4.98. The Labute approximate surface area is 226 Å². The molecule has 0 fully saturated rings. The minimum absolute atomic E-state index is 0.172. The van der Waals surface area contributed by atoms with Gasteiger partial charge in [0.1, 0.15) is 0 Å². The fourth-order valence-corrected chi connectivity index (χ4v) is 5.35. The highest BCUT2D eigenvalue weighted by atomic mass is 16.5. The molecule has 18 heteroatoms. The average molecular weight is 574 g/mol.